The van der Waals surface area contributed by atoms with Gasteiger partial charge < -0.3 is 9.30 Å². The molecule has 2 aromatic heterocycles. The van der Waals surface area contributed by atoms with Gasteiger partial charge in [-0.2, -0.15) is 5.10 Å². The molecule has 0 aliphatic carbocycles. The Kier molecular flexibility index (Phi) is 3.84. The smallest absolute Gasteiger partial charge is 0.159 e. The predicted octanol–water partition coefficient (Wildman–Crippen LogP) is 2.29. The van der Waals surface area contributed by atoms with Crippen LogP contribution in [0.1, 0.15) is 23.6 Å². The maximum atomic E-state index is 13.6. The third-order valence-electron chi connectivity index (χ3n) is 5.59. The molecule has 1 unspecified atom stereocenters. The Labute approximate surface area is 156 Å². The van der Waals surface area contributed by atoms with Gasteiger partial charge >= 0.3 is 0 Å². The summed E-state index contributed by atoms with van der Waals surface area (Å²) in [4.78, 5) is 2.37. The summed E-state index contributed by atoms with van der Waals surface area (Å²) in [5.41, 5.74) is 2.56. The van der Waals surface area contributed by atoms with Gasteiger partial charge in [0.25, 0.3) is 0 Å². The molecule has 5 rings (SSSR count). The van der Waals surface area contributed by atoms with E-state index in [9.17, 15) is 4.39 Å². The molecule has 2 aliphatic heterocycles. The molecule has 0 amide bonds. The molecule has 1 fully saturated rings. The van der Waals surface area contributed by atoms with Crippen LogP contribution in [-0.2, 0) is 24.4 Å². The van der Waals surface area contributed by atoms with Gasteiger partial charge in [-0.1, -0.05) is 12.1 Å². The fourth-order valence-electron chi connectivity index (χ4n) is 4.16. The Morgan fingerprint density at radius 2 is 2.22 bits per heavy atom. The van der Waals surface area contributed by atoms with Crippen LogP contribution in [0.15, 0.2) is 30.5 Å². The van der Waals surface area contributed by atoms with Crippen molar-refractivity contribution in [1.29, 1.82) is 0 Å². The van der Waals surface area contributed by atoms with Crippen LogP contribution in [0.5, 0.6) is 0 Å². The van der Waals surface area contributed by atoms with Crippen molar-refractivity contribution in [2.75, 3.05) is 13.1 Å². The van der Waals surface area contributed by atoms with Crippen molar-refractivity contribution in [2.24, 2.45) is 0 Å². The molecular weight excluding hydrogens is 347 g/mol. The molecule has 0 saturated carbocycles. The van der Waals surface area contributed by atoms with E-state index in [2.05, 4.69) is 29.9 Å². The minimum Gasteiger partial charge on any atom is -0.364 e. The molecule has 1 aromatic carbocycles. The summed E-state index contributed by atoms with van der Waals surface area (Å²) in [5, 5.41) is 15.5. The van der Waals surface area contributed by atoms with Gasteiger partial charge in [0, 0.05) is 30.8 Å². The minimum atomic E-state index is -0.246. The number of H-pyrrole nitrogens is 1. The van der Waals surface area contributed by atoms with Crippen LogP contribution in [0.3, 0.4) is 0 Å². The molecule has 1 N–H and O–H groups in total. The molecule has 7 nitrogen and oxygen atoms in total. The number of aromatic nitrogens is 5. The Balaban J connectivity index is 1.33. The van der Waals surface area contributed by atoms with Crippen molar-refractivity contribution in [2.45, 2.75) is 38.6 Å². The molecule has 8 heteroatoms. The topological polar surface area (TPSA) is 71.9 Å². The summed E-state index contributed by atoms with van der Waals surface area (Å²) in [6, 6.07) is 6.59. The van der Waals surface area contributed by atoms with E-state index in [1.807, 2.05) is 19.2 Å². The van der Waals surface area contributed by atoms with Crippen LogP contribution in [0.25, 0.3) is 11.3 Å². The lowest BCUT2D eigenvalue weighted by molar-refractivity contribution is -0.0829. The molecule has 1 spiro atoms. The fraction of sp³-hybridized carbons (Fsp3) is 0.421. The van der Waals surface area contributed by atoms with E-state index in [1.165, 1.54) is 12.1 Å². The van der Waals surface area contributed by atoms with Crippen LogP contribution < -0.4 is 0 Å². The largest absolute Gasteiger partial charge is 0.364 e. The Hall–Kier alpha value is -2.58. The normalized spacial score (nSPS) is 22.4. The van der Waals surface area contributed by atoms with Crippen LogP contribution in [0.2, 0.25) is 0 Å². The second-order valence-corrected chi connectivity index (χ2v) is 7.46. The Morgan fingerprint density at radius 1 is 1.30 bits per heavy atom. The van der Waals surface area contributed by atoms with Gasteiger partial charge in [0.1, 0.15) is 23.8 Å². The summed E-state index contributed by atoms with van der Waals surface area (Å²) in [7, 11) is 0. The zero-order valence-electron chi connectivity index (χ0n) is 15.2. The van der Waals surface area contributed by atoms with Crippen LogP contribution >= 0.6 is 0 Å². The highest BCUT2D eigenvalue weighted by Crippen LogP contribution is 2.34. The number of nitrogens with zero attached hydrogens (tertiary/aromatic N) is 5. The van der Waals surface area contributed by atoms with Gasteiger partial charge in [-0.3, -0.25) is 10.00 Å². The van der Waals surface area contributed by atoms with Gasteiger partial charge in [0.05, 0.1) is 18.4 Å². The standard InChI is InChI=1S/C19H21FN6O/c1-13-22-23-17-10-27-19(12-26(13)17)5-6-25(11-19)9-15-8-21-24-18(15)14-3-2-4-16(20)7-14/h2-4,7-8H,5-6,9-12H2,1H3,(H,21,24). The lowest BCUT2D eigenvalue weighted by Gasteiger charge is -2.34. The highest BCUT2D eigenvalue weighted by Gasteiger charge is 2.43. The third-order valence-corrected chi connectivity index (χ3v) is 5.59. The summed E-state index contributed by atoms with van der Waals surface area (Å²) in [6.07, 6.45) is 2.80. The molecule has 2 aliphatic rings. The van der Waals surface area contributed by atoms with E-state index < -0.39 is 0 Å². The van der Waals surface area contributed by atoms with Gasteiger partial charge in [-0.25, -0.2) is 4.39 Å². The van der Waals surface area contributed by atoms with Crippen molar-refractivity contribution in [3.05, 3.63) is 53.5 Å². The molecular formula is C19H21FN6O. The van der Waals surface area contributed by atoms with Crippen molar-refractivity contribution >= 4 is 0 Å². The highest BCUT2D eigenvalue weighted by molar-refractivity contribution is 5.62. The summed E-state index contributed by atoms with van der Waals surface area (Å²) in [6.45, 7) is 5.83. The number of nitrogens with one attached hydrogen (secondary N) is 1. The van der Waals surface area contributed by atoms with E-state index >= 15 is 0 Å². The molecule has 3 aromatic rings. The van der Waals surface area contributed by atoms with Gasteiger partial charge in [0.2, 0.25) is 0 Å². The quantitative estimate of drug-likeness (QED) is 0.768. The molecule has 0 radical (unpaired) electrons. The molecule has 0 bridgehead atoms. The number of benzene rings is 1. The SMILES string of the molecule is Cc1nnc2n1CC1(CCN(Cc3cn[nH]c3-c3cccc(F)c3)C1)OC2. The first-order valence-electron chi connectivity index (χ1n) is 9.15. The maximum absolute atomic E-state index is 13.6. The van der Waals surface area contributed by atoms with Crippen molar-refractivity contribution in [3.63, 3.8) is 0 Å². The molecule has 140 valence electrons. The number of rotatable bonds is 3. The molecule has 4 heterocycles. The number of hydrogen-bond donors (Lipinski definition) is 1. The van der Waals surface area contributed by atoms with E-state index in [4.69, 9.17) is 4.74 Å². The van der Waals surface area contributed by atoms with E-state index in [0.717, 1.165) is 61.1 Å². The first-order valence-corrected chi connectivity index (χ1v) is 9.15. The van der Waals surface area contributed by atoms with Crippen molar-refractivity contribution < 1.29 is 9.13 Å². The Morgan fingerprint density at radius 3 is 3.11 bits per heavy atom. The number of aromatic amines is 1. The van der Waals surface area contributed by atoms with Crippen molar-refractivity contribution in [3.8, 4) is 11.3 Å². The number of halogens is 1. The fourth-order valence-corrected chi connectivity index (χ4v) is 4.16. The zero-order valence-corrected chi connectivity index (χ0v) is 15.2. The van der Waals surface area contributed by atoms with Crippen LogP contribution in [0, 0.1) is 12.7 Å². The lowest BCUT2D eigenvalue weighted by atomic mass is 10.0. The maximum Gasteiger partial charge on any atom is 0.159 e. The average molecular weight is 368 g/mol. The number of fused-ring (bicyclic) bond motifs is 1. The molecule has 1 atom stereocenters. The summed E-state index contributed by atoms with van der Waals surface area (Å²) in [5.74, 6) is 1.60. The number of aryl methyl sites for hydroxylation is 1. The number of ether oxygens (including phenoxy) is 1. The average Bonchev–Trinajstić information content (AvgIpc) is 3.37. The van der Waals surface area contributed by atoms with Gasteiger partial charge in [-0.05, 0) is 25.5 Å². The lowest BCUT2D eigenvalue weighted by Crippen LogP contribution is -2.44. The predicted molar refractivity (Wildman–Crippen MR) is 96.2 cm³/mol. The summed E-state index contributed by atoms with van der Waals surface area (Å²) < 4.78 is 22.0. The molecule has 1 saturated heterocycles. The van der Waals surface area contributed by atoms with Gasteiger partial charge in [0.15, 0.2) is 5.82 Å². The second-order valence-electron chi connectivity index (χ2n) is 7.46. The van der Waals surface area contributed by atoms with E-state index in [0.29, 0.717) is 6.61 Å². The minimum absolute atomic E-state index is 0.192. The van der Waals surface area contributed by atoms with Crippen LogP contribution in [-0.4, -0.2) is 48.6 Å². The first kappa shape index (κ1) is 16.6. The Bertz CT molecular complexity index is 982. The molecule has 27 heavy (non-hydrogen) atoms. The monoisotopic (exact) mass is 368 g/mol. The van der Waals surface area contributed by atoms with Crippen LogP contribution in [0.4, 0.5) is 4.39 Å². The second kappa shape index (κ2) is 6.24. The number of likely N-dealkylation sites (tertiary alicyclic amines) is 1. The third kappa shape index (κ3) is 2.94. The van der Waals surface area contributed by atoms with Gasteiger partial charge in [-0.15, -0.1) is 10.2 Å². The zero-order chi connectivity index (χ0) is 18.4. The van der Waals surface area contributed by atoms with Crippen molar-refractivity contribution in [1.82, 2.24) is 29.9 Å². The van der Waals surface area contributed by atoms with E-state index in [-0.39, 0.29) is 11.4 Å². The summed E-state index contributed by atoms with van der Waals surface area (Å²) >= 11 is 0. The number of hydrogen-bond acceptors (Lipinski definition) is 5. The highest BCUT2D eigenvalue weighted by atomic mass is 19.1. The first-order chi connectivity index (χ1) is 13.1. The van der Waals surface area contributed by atoms with E-state index in [1.54, 1.807) is 6.07 Å².